The molecule has 1 saturated carbocycles. The Labute approximate surface area is 212 Å². The van der Waals surface area contributed by atoms with Gasteiger partial charge in [-0.1, -0.05) is 41.7 Å². The average molecular weight is 505 g/mol. The van der Waals surface area contributed by atoms with Crippen LogP contribution in [0.15, 0.2) is 54.6 Å². The minimum atomic E-state index is -1.02. The Bertz CT molecular complexity index is 1350. The number of nitrogens with one attached hydrogen (secondary N) is 2. The molecule has 2 aromatic carbocycles. The maximum absolute atomic E-state index is 11.3. The number of carboxylic acid groups (broad SMARTS) is 1. The van der Waals surface area contributed by atoms with Crippen molar-refractivity contribution in [1.29, 1.82) is 0 Å². The van der Waals surface area contributed by atoms with E-state index in [0.29, 0.717) is 29.0 Å². The fourth-order valence-electron chi connectivity index (χ4n) is 4.32. The lowest BCUT2D eigenvalue weighted by molar-refractivity contribution is 0.126. The van der Waals surface area contributed by atoms with Gasteiger partial charge in [0.25, 0.3) is 0 Å². The lowest BCUT2D eigenvalue weighted by atomic mass is 9.93. The number of aliphatic hydroxyl groups is 1. The number of carbonyl (C=O) groups is 1. The van der Waals surface area contributed by atoms with Crippen LogP contribution in [0.4, 0.5) is 27.4 Å². The van der Waals surface area contributed by atoms with E-state index in [4.69, 9.17) is 9.97 Å². The summed E-state index contributed by atoms with van der Waals surface area (Å²) in [6, 6.07) is 17.7. The van der Waals surface area contributed by atoms with E-state index in [9.17, 15) is 15.0 Å². The Balaban J connectivity index is 1.41. The van der Waals surface area contributed by atoms with E-state index in [-0.39, 0.29) is 12.1 Å². The van der Waals surface area contributed by atoms with Crippen molar-refractivity contribution in [3.05, 3.63) is 65.9 Å². The van der Waals surface area contributed by atoms with Crippen LogP contribution >= 0.6 is 11.3 Å². The summed E-state index contributed by atoms with van der Waals surface area (Å²) in [5.74, 6) is 1.19. The number of amides is 1. The van der Waals surface area contributed by atoms with Crippen molar-refractivity contribution in [2.24, 2.45) is 0 Å². The molecule has 4 aromatic rings. The lowest BCUT2D eigenvalue weighted by Gasteiger charge is -2.26. The molecule has 2 heterocycles. The largest absolute Gasteiger partial charge is 0.465 e. The number of benzene rings is 2. The number of fused-ring (bicyclic) bond motifs is 1. The highest BCUT2D eigenvalue weighted by Crippen LogP contribution is 2.31. The molecule has 4 N–H and O–H groups in total. The van der Waals surface area contributed by atoms with Crippen molar-refractivity contribution in [2.75, 3.05) is 22.6 Å². The van der Waals surface area contributed by atoms with Crippen LogP contribution in [0.2, 0.25) is 0 Å². The van der Waals surface area contributed by atoms with Gasteiger partial charge in [0.05, 0.1) is 22.0 Å². The first-order chi connectivity index (χ1) is 17.4. The van der Waals surface area contributed by atoms with E-state index in [1.165, 1.54) is 23.3 Å². The van der Waals surface area contributed by atoms with Gasteiger partial charge in [0.15, 0.2) is 5.13 Å². The molecule has 9 nitrogen and oxygen atoms in total. The van der Waals surface area contributed by atoms with Crippen LogP contribution in [0.25, 0.3) is 10.2 Å². The van der Waals surface area contributed by atoms with Gasteiger partial charge in [0.2, 0.25) is 5.95 Å². The number of anilines is 4. The molecule has 1 aliphatic rings. The second-order valence-electron chi connectivity index (χ2n) is 9.02. The molecule has 0 spiro atoms. The van der Waals surface area contributed by atoms with Crippen LogP contribution < -0.4 is 15.5 Å². The van der Waals surface area contributed by atoms with Crippen molar-refractivity contribution in [3.8, 4) is 0 Å². The van der Waals surface area contributed by atoms with Crippen LogP contribution in [0.5, 0.6) is 0 Å². The summed E-state index contributed by atoms with van der Waals surface area (Å²) in [4.78, 5) is 26.6. The van der Waals surface area contributed by atoms with E-state index in [2.05, 4.69) is 27.8 Å². The third-order valence-corrected chi connectivity index (χ3v) is 7.25. The van der Waals surface area contributed by atoms with E-state index in [1.807, 2.05) is 36.4 Å². The highest BCUT2D eigenvalue weighted by molar-refractivity contribution is 7.22. The van der Waals surface area contributed by atoms with Gasteiger partial charge in [-0.2, -0.15) is 4.98 Å². The van der Waals surface area contributed by atoms with Gasteiger partial charge in [-0.25, -0.2) is 14.8 Å². The Morgan fingerprint density at radius 3 is 2.58 bits per heavy atom. The first kappa shape index (κ1) is 24.0. The predicted molar refractivity (Wildman–Crippen MR) is 142 cm³/mol. The van der Waals surface area contributed by atoms with Gasteiger partial charge in [0, 0.05) is 31.3 Å². The number of rotatable bonds is 7. The minimum Gasteiger partial charge on any atom is -0.465 e. The molecule has 10 heteroatoms. The standard InChI is InChI=1S/C26H28N6O3S/c1-32(26(34)35)19-9-12-21-22(15-19)36-25(29-21)31-23-14-18(13-16-5-3-2-4-6-16)28-24(30-23)27-17-7-10-20(33)11-8-17/h2-6,9,12,14-15,17,20,33H,7-8,10-11,13H2,1H3,(H,34,35)(H2,27,28,29,30,31). The fourth-order valence-corrected chi connectivity index (χ4v) is 5.23. The summed E-state index contributed by atoms with van der Waals surface area (Å²) in [6.07, 6.45) is 2.73. The van der Waals surface area contributed by atoms with E-state index < -0.39 is 6.09 Å². The van der Waals surface area contributed by atoms with Gasteiger partial charge in [-0.15, -0.1) is 0 Å². The topological polar surface area (TPSA) is 124 Å². The molecule has 1 amide bonds. The number of thiazole rings is 1. The monoisotopic (exact) mass is 504 g/mol. The Morgan fingerprint density at radius 2 is 1.83 bits per heavy atom. The molecule has 0 unspecified atom stereocenters. The van der Waals surface area contributed by atoms with Gasteiger partial charge in [0.1, 0.15) is 5.82 Å². The van der Waals surface area contributed by atoms with Crippen LogP contribution in [-0.4, -0.2) is 50.5 Å². The lowest BCUT2D eigenvalue weighted by Crippen LogP contribution is -2.29. The van der Waals surface area contributed by atoms with E-state index in [1.54, 1.807) is 6.07 Å². The second kappa shape index (κ2) is 10.5. The SMILES string of the molecule is CN(C(=O)O)c1ccc2nc(Nc3cc(Cc4ccccc4)nc(NC4CCC(O)CC4)n3)sc2c1. The molecule has 0 radical (unpaired) electrons. The zero-order valence-corrected chi connectivity index (χ0v) is 20.7. The van der Waals surface area contributed by atoms with Crippen molar-refractivity contribution in [2.45, 2.75) is 44.2 Å². The van der Waals surface area contributed by atoms with Gasteiger partial charge in [-0.3, -0.25) is 4.90 Å². The first-order valence-electron chi connectivity index (χ1n) is 11.9. The Morgan fingerprint density at radius 1 is 1.06 bits per heavy atom. The van der Waals surface area contributed by atoms with Crippen LogP contribution in [0, 0.1) is 0 Å². The number of nitrogens with zero attached hydrogens (tertiary/aromatic N) is 4. The zero-order valence-electron chi connectivity index (χ0n) is 19.9. The molecule has 1 fully saturated rings. The molecule has 0 bridgehead atoms. The molecule has 0 saturated heterocycles. The quantitative estimate of drug-likeness (QED) is 0.269. The van der Waals surface area contributed by atoms with E-state index >= 15 is 0 Å². The van der Waals surface area contributed by atoms with Crippen molar-refractivity contribution < 1.29 is 15.0 Å². The number of aromatic nitrogens is 3. The first-order valence-corrected chi connectivity index (χ1v) is 12.8. The highest BCUT2D eigenvalue weighted by Gasteiger charge is 2.20. The maximum atomic E-state index is 11.3. The van der Waals surface area contributed by atoms with Gasteiger partial charge in [-0.05, 0) is 49.4 Å². The molecular formula is C26H28N6O3S. The molecule has 1 aliphatic carbocycles. The number of hydrogen-bond acceptors (Lipinski definition) is 8. The number of hydrogen-bond donors (Lipinski definition) is 4. The molecular weight excluding hydrogens is 476 g/mol. The predicted octanol–water partition coefficient (Wildman–Crippen LogP) is 5.25. The summed E-state index contributed by atoms with van der Waals surface area (Å²) >= 11 is 1.44. The van der Waals surface area contributed by atoms with Crippen LogP contribution in [-0.2, 0) is 6.42 Å². The summed E-state index contributed by atoms with van der Waals surface area (Å²) in [5, 5.41) is 26.5. The maximum Gasteiger partial charge on any atom is 0.411 e. The second-order valence-corrected chi connectivity index (χ2v) is 10.0. The molecule has 36 heavy (non-hydrogen) atoms. The van der Waals surface area contributed by atoms with Crippen molar-refractivity contribution in [3.63, 3.8) is 0 Å². The molecule has 0 aliphatic heterocycles. The molecule has 0 atom stereocenters. The fraction of sp³-hybridized carbons (Fsp3) is 0.308. The third kappa shape index (κ3) is 5.72. The average Bonchev–Trinajstić information content (AvgIpc) is 3.27. The Kier molecular flexibility index (Phi) is 6.97. The van der Waals surface area contributed by atoms with Crippen molar-refractivity contribution in [1.82, 2.24) is 15.0 Å². The zero-order chi connectivity index (χ0) is 25.1. The van der Waals surface area contributed by atoms with Crippen LogP contribution in [0.1, 0.15) is 36.9 Å². The van der Waals surface area contributed by atoms with Crippen LogP contribution in [0.3, 0.4) is 0 Å². The molecule has 5 rings (SSSR count). The van der Waals surface area contributed by atoms with Crippen molar-refractivity contribution >= 4 is 50.2 Å². The number of aliphatic hydroxyl groups excluding tert-OH is 1. The van der Waals surface area contributed by atoms with Gasteiger partial charge >= 0.3 is 6.09 Å². The van der Waals surface area contributed by atoms with E-state index in [0.717, 1.165) is 47.2 Å². The summed E-state index contributed by atoms with van der Waals surface area (Å²) < 4.78 is 0.876. The highest BCUT2D eigenvalue weighted by atomic mass is 32.1. The van der Waals surface area contributed by atoms with Gasteiger partial charge < -0.3 is 20.8 Å². The summed E-state index contributed by atoms with van der Waals surface area (Å²) in [7, 11) is 1.51. The molecule has 186 valence electrons. The summed E-state index contributed by atoms with van der Waals surface area (Å²) in [6.45, 7) is 0. The molecule has 2 aromatic heterocycles. The minimum absolute atomic E-state index is 0.222. The Hall–Kier alpha value is -3.76. The summed E-state index contributed by atoms with van der Waals surface area (Å²) in [5.41, 5.74) is 3.40. The smallest absolute Gasteiger partial charge is 0.411 e. The normalized spacial score (nSPS) is 17.6. The third-order valence-electron chi connectivity index (χ3n) is 6.32.